The molecule has 0 radical (unpaired) electrons. The topological polar surface area (TPSA) is 46.9 Å². The second kappa shape index (κ2) is 6.40. The fourth-order valence-corrected chi connectivity index (χ4v) is 2.51. The average Bonchev–Trinajstić information content (AvgIpc) is 3.05. The van der Waals surface area contributed by atoms with Crippen molar-refractivity contribution in [2.45, 2.75) is 0 Å². The van der Waals surface area contributed by atoms with Gasteiger partial charge < -0.3 is 5.32 Å². The number of carbonyl (C=O) groups excluding carboxylic acids is 1. The highest BCUT2D eigenvalue weighted by Gasteiger charge is 2.14. The molecule has 2 aromatic carbocycles. The van der Waals surface area contributed by atoms with Crippen molar-refractivity contribution in [1.82, 2.24) is 9.78 Å². The van der Waals surface area contributed by atoms with Crippen LogP contribution in [0, 0.1) is 5.82 Å². The first-order chi connectivity index (χ1) is 11.0. The number of benzene rings is 2. The number of halogens is 3. The molecule has 1 N–H and O–H groups in total. The smallest absolute Gasteiger partial charge is 0.257 e. The van der Waals surface area contributed by atoms with Crippen molar-refractivity contribution in [2.75, 3.05) is 5.32 Å². The summed E-state index contributed by atoms with van der Waals surface area (Å²) in [5.74, 6) is -1.23. The molecule has 0 bridgehead atoms. The van der Waals surface area contributed by atoms with Gasteiger partial charge in [0.05, 0.1) is 21.3 Å². The molecule has 3 aromatic rings. The van der Waals surface area contributed by atoms with Gasteiger partial charge in [-0.05, 0) is 36.4 Å². The molecular formula is C16H10Cl2FN3O. The first kappa shape index (κ1) is 15.5. The van der Waals surface area contributed by atoms with Gasteiger partial charge in [-0.3, -0.25) is 4.79 Å². The van der Waals surface area contributed by atoms with Crippen molar-refractivity contribution < 1.29 is 9.18 Å². The van der Waals surface area contributed by atoms with Crippen LogP contribution in [0.15, 0.2) is 54.9 Å². The van der Waals surface area contributed by atoms with Crippen molar-refractivity contribution in [3.63, 3.8) is 0 Å². The molecule has 0 spiro atoms. The highest BCUT2D eigenvalue weighted by atomic mass is 35.5. The van der Waals surface area contributed by atoms with Crippen LogP contribution in [0.4, 0.5) is 10.1 Å². The van der Waals surface area contributed by atoms with Gasteiger partial charge in [0.25, 0.3) is 5.91 Å². The lowest BCUT2D eigenvalue weighted by Crippen LogP contribution is -2.13. The zero-order valence-corrected chi connectivity index (χ0v) is 13.1. The number of nitrogens with zero attached hydrogens (tertiary/aromatic N) is 2. The molecule has 0 saturated carbocycles. The maximum atomic E-state index is 13.5. The van der Waals surface area contributed by atoms with E-state index in [9.17, 15) is 9.18 Å². The van der Waals surface area contributed by atoms with Gasteiger partial charge in [0.15, 0.2) is 0 Å². The largest absolute Gasteiger partial charge is 0.322 e. The molecule has 0 atom stereocenters. The Kier molecular flexibility index (Phi) is 4.32. The number of carbonyl (C=O) groups is 1. The standard InChI is InChI=1S/C16H10Cl2FN3O/c17-13-9-14(18)15(19)8-12(13)16(23)21-10-3-1-4-11(7-10)22-6-2-5-20-22/h1-9H,(H,21,23). The lowest BCUT2D eigenvalue weighted by atomic mass is 10.2. The predicted octanol–water partition coefficient (Wildman–Crippen LogP) is 4.57. The molecule has 0 unspecified atom stereocenters. The zero-order valence-electron chi connectivity index (χ0n) is 11.6. The summed E-state index contributed by atoms with van der Waals surface area (Å²) < 4.78 is 15.2. The number of hydrogen-bond acceptors (Lipinski definition) is 2. The normalized spacial score (nSPS) is 10.6. The van der Waals surface area contributed by atoms with Crippen LogP contribution < -0.4 is 5.32 Å². The Balaban J connectivity index is 1.86. The zero-order chi connectivity index (χ0) is 16.4. The fourth-order valence-electron chi connectivity index (χ4n) is 2.04. The van der Waals surface area contributed by atoms with E-state index < -0.39 is 11.7 Å². The quantitative estimate of drug-likeness (QED) is 0.704. The minimum atomic E-state index is -0.702. The Morgan fingerprint density at radius 1 is 1.13 bits per heavy atom. The van der Waals surface area contributed by atoms with E-state index in [0.29, 0.717) is 5.69 Å². The van der Waals surface area contributed by atoms with E-state index in [2.05, 4.69) is 10.4 Å². The summed E-state index contributed by atoms with van der Waals surface area (Å²) in [5.41, 5.74) is 1.33. The van der Waals surface area contributed by atoms with Crippen LogP contribution in [0.1, 0.15) is 10.4 Å². The number of nitrogens with one attached hydrogen (secondary N) is 1. The molecular weight excluding hydrogens is 340 g/mol. The molecule has 0 fully saturated rings. The number of rotatable bonds is 3. The molecule has 4 nitrogen and oxygen atoms in total. The summed E-state index contributed by atoms with van der Waals surface area (Å²) in [5, 5.41) is 6.74. The van der Waals surface area contributed by atoms with E-state index in [4.69, 9.17) is 23.2 Å². The van der Waals surface area contributed by atoms with Gasteiger partial charge in [-0.2, -0.15) is 5.10 Å². The first-order valence-electron chi connectivity index (χ1n) is 6.60. The number of aromatic nitrogens is 2. The van der Waals surface area contributed by atoms with Crippen molar-refractivity contribution in [3.05, 3.63) is 76.3 Å². The molecule has 0 aliphatic heterocycles. The van der Waals surface area contributed by atoms with E-state index >= 15 is 0 Å². The van der Waals surface area contributed by atoms with Gasteiger partial charge in [-0.25, -0.2) is 9.07 Å². The van der Waals surface area contributed by atoms with E-state index in [1.165, 1.54) is 6.07 Å². The monoisotopic (exact) mass is 349 g/mol. The Hall–Kier alpha value is -2.37. The summed E-state index contributed by atoms with van der Waals surface area (Å²) in [4.78, 5) is 12.3. The second-order valence-electron chi connectivity index (χ2n) is 4.70. The van der Waals surface area contributed by atoms with Crippen LogP contribution in [0.5, 0.6) is 0 Å². The molecule has 0 aliphatic rings. The summed E-state index contributed by atoms with van der Waals surface area (Å²) in [6.45, 7) is 0. The third kappa shape index (κ3) is 3.36. The summed E-state index contributed by atoms with van der Waals surface area (Å²) in [7, 11) is 0. The molecule has 1 amide bonds. The molecule has 23 heavy (non-hydrogen) atoms. The van der Waals surface area contributed by atoms with Crippen LogP contribution in [-0.2, 0) is 0 Å². The van der Waals surface area contributed by atoms with Crippen molar-refractivity contribution in [3.8, 4) is 5.69 Å². The van der Waals surface area contributed by atoms with Crippen LogP contribution in [0.3, 0.4) is 0 Å². The Labute approximate surface area is 141 Å². The second-order valence-corrected chi connectivity index (χ2v) is 5.52. The fraction of sp³-hybridized carbons (Fsp3) is 0. The Bertz CT molecular complexity index is 866. The maximum Gasteiger partial charge on any atom is 0.257 e. The van der Waals surface area contributed by atoms with Crippen molar-refractivity contribution in [2.24, 2.45) is 0 Å². The molecule has 7 heteroatoms. The lowest BCUT2D eigenvalue weighted by Gasteiger charge is -2.09. The molecule has 116 valence electrons. The van der Waals surface area contributed by atoms with Gasteiger partial charge in [0, 0.05) is 18.1 Å². The number of hydrogen-bond donors (Lipinski definition) is 1. The minimum absolute atomic E-state index is 0.0121. The van der Waals surface area contributed by atoms with E-state index in [1.807, 2.05) is 6.07 Å². The lowest BCUT2D eigenvalue weighted by molar-refractivity contribution is 0.102. The predicted molar refractivity (Wildman–Crippen MR) is 87.9 cm³/mol. The third-order valence-electron chi connectivity index (χ3n) is 3.13. The minimum Gasteiger partial charge on any atom is -0.322 e. The van der Waals surface area contributed by atoms with Gasteiger partial charge in [-0.15, -0.1) is 0 Å². The number of amides is 1. The summed E-state index contributed by atoms with van der Waals surface area (Å²) in [6.07, 6.45) is 3.44. The summed E-state index contributed by atoms with van der Waals surface area (Å²) >= 11 is 11.6. The number of anilines is 1. The average molecular weight is 350 g/mol. The van der Waals surface area contributed by atoms with Crippen molar-refractivity contribution >= 4 is 34.8 Å². The van der Waals surface area contributed by atoms with E-state index in [0.717, 1.165) is 11.8 Å². The highest BCUT2D eigenvalue weighted by molar-refractivity contribution is 6.37. The maximum absolute atomic E-state index is 13.5. The van der Waals surface area contributed by atoms with Crippen LogP contribution in [0.2, 0.25) is 10.0 Å². The molecule has 0 aliphatic carbocycles. The van der Waals surface area contributed by atoms with Gasteiger partial charge in [0.2, 0.25) is 0 Å². The third-order valence-corrected chi connectivity index (χ3v) is 3.73. The van der Waals surface area contributed by atoms with Crippen LogP contribution in [-0.4, -0.2) is 15.7 Å². The molecule has 1 heterocycles. The van der Waals surface area contributed by atoms with E-state index in [1.54, 1.807) is 41.3 Å². The van der Waals surface area contributed by atoms with Crippen LogP contribution in [0.25, 0.3) is 5.69 Å². The van der Waals surface area contributed by atoms with E-state index in [-0.39, 0.29) is 15.6 Å². The first-order valence-corrected chi connectivity index (χ1v) is 7.36. The Morgan fingerprint density at radius 3 is 2.70 bits per heavy atom. The molecule has 0 saturated heterocycles. The van der Waals surface area contributed by atoms with Gasteiger partial charge in [-0.1, -0.05) is 29.3 Å². The molecule has 3 rings (SSSR count). The van der Waals surface area contributed by atoms with Crippen molar-refractivity contribution in [1.29, 1.82) is 0 Å². The van der Waals surface area contributed by atoms with Gasteiger partial charge in [0.1, 0.15) is 5.82 Å². The van der Waals surface area contributed by atoms with Crippen LogP contribution >= 0.6 is 23.2 Å². The molecule has 1 aromatic heterocycles. The summed E-state index contributed by atoms with van der Waals surface area (Å²) in [6, 6.07) is 11.1. The highest BCUT2D eigenvalue weighted by Crippen LogP contribution is 2.25. The SMILES string of the molecule is O=C(Nc1cccc(-n2cccn2)c1)c1cc(F)c(Cl)cc1Cl. The van der Waals surface area contributed by atoms with Gasteiger partial charge >= 0.3 is 0 Å². The Morgan fingerprint density at radius 2 is 1.96 bits per heavy atom.